The number of amides is 1. The quantitative estimate of drug-likeness (QED) is 0.519. The molecule has 1 heterocycles. The number of anilines is 1. The maximum absolute atomic E-state index is 13.3. The number of esters is 2. The van der Waals surface area contributed by atoms with E-state index in [4.69, 9.17) is 21.1 Å². The van der Waals surface area contributed by atoms with Gasteiger partial charge in [0.05, 0.1) is 50.4 Å². The van der Waals surface area contributed by atoms with E-state index in [-0.39, 0.29) is 23.6 Å². The molecule has 4 aliphatic carbocycles. The molecule has 0 spiro atoms. The third-order valence-corrected chi connectivity index (χ3v) is 7.41. The number of halogens is 1. The molecule has 4 fully saturated rings. The zero-order valence-corrected chi connectivity index (χ0v) is 18.1. The van der Waals surface area contributed by atoms with Crippen LogP contribution in [0, 0.1) is 17.3 Å². The number of ether oxygens (including phenoxy) is 2. The van der Waals surface area contributed by atoms with Crippen molar-refractivity contribution < 1.29 is 23.9 Å². The molecule has 1 amide bonds. The van der Waals surface area contributed by atoms with Gasteiger partial charge in [-0.15, -0.1) is 11.6 Å². The Morgan fingerprint density at radius 2 is 1.77 bits per heavy atom. The second kappa shape index (κ2) is 7.87. The molecule has 0 saturated heterocycles. The van der Waals surface area contributed by atoms with Gasteiger partial charge >= 0.3 is 11.9 Å². The molecule has 2 unspecified atom stereocenters. The highest BCUT2D eigenvalue weighted by Gasteiger charge is 2.60. The third kappa shape index (κ3) is 4.06. The fourth-order valence-electron chi connectivity index (χ4n) is 6.09. The molecule has 1 aromatic rings. The number of carbonyl (C=O) groups excluding carboxylic acids is 3. The van der Waals surface area contributed by atoms with E-state index in [0.29, 0.717) is 17.5 Å². The molecule has 0 aliphatic heterocycles. The van der Waals surface area contributed by atoms with Crippen molar-refractivity contribution in [2.45, 2.75) is 62.3 Å². The summed E-state index contributed by atoms with van der Waals surface area (Å²) in [6.45, 7) is 0. The number of hydrogen-bond donors (Lipinski definition) is 1. The predicted octanol–water partition coefficient (Wildman–Crippen LogP) is 3.07. The lowest BCUT2D eigenvalue weighted by Gasteiger charge is -2.59. The molecule has 1 N–H and O–H groups in total. The third-order valence-electron chi connectivity index (χ3n) is 6.96. The van der Waals surface area contributed by atoms with E-state index < -0.39 is 23.4 Å². The molecule has 5 rings (SSSR count). The van der Waals surface area contributed by atoms with Crippen LogP contribution in [0.1, 0.15) is 57.4 Å². The summed E-state index contributed by atoms with van der Waals surface area (Å²) in [7, 11) is 2.59. The zero-order chi connectivity index (χ0) is 21.5. The second-order valence-corrected chi connectivity index (χ2v) is 10.1. The summed E-state index contributed by atoms with van der Waals surface area (Å²) in [5.74, 6) is 0.152. The van der Waals surface area contributed by atoms with Gasteiger partial charge in [-0.1, -0.05) is 0 Å². The van der Waals surface area contributed by atoms with Crippen LogP contribution in [-0.4, -0.2) is 46.7 Å². The van der Waals surface area contributed by atoms with Crippen molar-refractivity contribution in [2.75, 3.05) is 19.5 Å². The molecule has 164 valence electrons. The molecule has 0 aromatic carbocycles. The van der Waals surface area contributed by atoms with Gasteiger partial charge in [-0.3, -0.25) is 19.1 Å². The summed E-state index contributed by atoms with van der Waals surface area (Å²) >= 11 is 6.85. The molecule has 0 radical (unpaired) electrons. The van der Waals surface area contributed by atoms with Crippen LogP contribution in [-0.2, 0) is 23.9 Å². The first-order chi connectivity index (χ1) is 14.2. The molecular formula is C21H28ClN3O5. The van der Waals surface area contributed by atoms with Crippen LogP contribution < -0.4 is 5.32 Å². The Balaban J connectivity index is 1.47. The Labute approximate surface area is 180 Å². The van der Waals surface area contributed by atoms with Gasteiger partial charge in [0.15, 0.2) is 0 Å². The average molecular weight is 438 g/mol. The van der Waals surface area contributed by atoms with Gasteiger partial charge in [0, 0.05) is 11.1 Å². The fraction of sp³-hybridized carbons (Fsp3) is 0.714. The van der Waals surface area contributed by atoms with E-state index in [2.05, 4.69) is 10.4 Å². The van der Waals surface area contributed by atoms with Crippen LogP contribution in [0.4, 0.5) is 5.69 Å². The van der Waals surface area contributed by atoms with Crippen LogP contribution in [0.2, 0.25) is 0 Å². The Kier molecular flexibility index (Phi) is 5.55. The molecule has 4 aliphatic rings. The van der Waals surface area contributed by atoms with Gasteiger partial charge in [-0.05, 0) is 50.4 Å². The molecule has 4 saturated carbocycles. The minimum absolute atomic E-state index is 0.00124. The van der Waals surface area contributed by atoms with Crippen molar-refractivity contribution in [1.82, 2.24) is 9.78 Å². The normalized spacial score (nSPS) is 31.6. The van der Waals surface area contributed by atoms with Crippen molar-refractivity contribution in [2.24, 2.45) is 17.3 Å². The molecule has 1 aromatic heterocycles. The van der Waals surface area contributed by atoms with E-state index in [9.17, 15) is 14.4 Å². The minimum Gasteiger partial charge on any atom is -0.469 e. The van der Waals surface area contributed by atoms with E-state index in [1.54, 1.807) is 6.20 Å². The van der Waals surface area contributed by atoms with Crippen LogP contribution in [0.25, 0.3) is 0 Å². The number of methoxy groups -OCH3 is 2. The largest absolute Gasteiger partial charge is 0.469 e. The number of aromatic nitrogens is 2. The Hall–Kier alpha value is -2.09. The van der Waals surface area contributed by atoms with E-state index in [1.165, 1.54) is 31.5 Å². The summed E-state index contributed by atoms with van der Waals surface area (Å²) in [5.41, 5.74) is 0.129. The summed E-state index contributed by atoms with van der Waals surface area (Å²) in [5, 5.41) is 7.28. The maximum atomic E-state index is 13.3. The molecule has 30 heavy (non-hydrogen) atoms. The van der Waals surface area contributed by atoms with Gasteiger partial charge in [-0.2, -0.15) is 5.10 Å². The van der Waals surface area contributed by atoms with Crippen molar-refractivity contribution in [3.63, 3.8) is 0 Å². The number of nitrogens with zero attached hydrogens (tertiary/aromatic N) is 2. The highest BCUT2D eigenvalue weighted by molar-refractivity contribution is 6.24. The van der Waals surface area contributed by atoms with Crippen molar-refractivity contribution in [3.8, 4) is 0 Å². The smallest absolute Gasteiger partial charge is 0.307 e. The SMILES string of the molecule is COC(=O)CC(CC(=O)OC)n1cc(NC(=O)C23C[C@@H]4C[C@@H](CC(Cl)(C4)C2)C3)cn1. The minimum atomic E-state index is -0.554. The number of nitrogens with one attached hydrogen (secondary N) is 1. The lowest BCUT2D eigenvalue weighted by molar-refractivity contribution is -0.144. The van der Waals surface area contributed by atoms with Crippen molar-refractivity contribution in [3.05, 3.63) is 12.4 Å². The Morgan fingerprint density at radius 3 is 2.30 bits per heavy atom. The molecule has 4 bridgehead atoms. The van der Waals surface area contributed by atoms with Crippen LogP contribution in [0.5, 0.6) is 0 Å². The van der Waals surface area contributed by atoms with Crippen molar-refractivity contribution >= 4 is 35.1 Å². The van der Waals surface area contributed by atoms with Crippen LogP contribution >= 0.6 is 11.6 Å². The van der Waals surface area contributed by atoms with E-state index in [0.717, 1.165) is 32.1 Å². The van der Waals surface area contributed by atoms with Crippen LogP contribution in [0.3, 0.4) is 0 Å². The van der Waals surface area contributed by atoms with E-state index >= 15 is 0 Å². The summed E-state index contributed by atoms with van der Waals surface area (Å²) in [4.78, 5) is 36.5. The number of rotatable bonds is 7. The monoisotopic (exact) mass is 437 g/mol. The topological polar surface area (TPSA) is 99.5 Å². The lowest BCUT2D eigenvalue weighted by atomic mass is 9.49. The molecule has 9 heteroatoms. The number of alkyl halides is 1. The zero-order valence-electron chi connectivity index (χ0n) is 17.4. The number of hydrogen-bond acceptors (Lipinski definition) is 6. The van der Waals surface area contributed by atoms with Crippen molar-refractivity contribution in [1.29, 1.82) is 0 Å². The highest BCUT2D eigenvalue weighted by atomic mass is 35.5. The number of carbonyl (C=O) groups is 3. The van der Waals surface area contributed by atoms with Gasteiger partial charge in [0.25, 0.3) is 0 Å². The van der Waals surface area contributed by atoms with Gasteiger partial charge in [-0.25, -0.2) is 0 Å². The first-order valence-corrected chi connectivity index (χ1v) is 10.8. The Morgan fingerprint density at radius 1 is 1.17 bits per heavy atom. The maximum Gasteiger partial charge on any atom is 0.307 e. The average Bonchev–Trinajstić information content (AvgIpc) is 3.13. The van der Waals surface area contributed by atoms with Gasteiger partial charge in [0.2, 0.25) is 5.91 Å². The summed E-state index contributed by atoms with van der Waals surface area (Å²) in [6, 6.07) is -0.554. The lowest BCUT2D eigenvalue weighted by Crippen LogP contribution is -2.57. The van der Waals surface area contributed by atoms with E-state index in [1.807, 2.05) is 0 Å². The molecule has 4 atom stereocenters. The first kappa shape index (κ1) is 21.2. The highest BCUT2D eigenvalue weighted by Crippen LogP contribution is 2.64. The van der Waals surface area contributed by atoms with Gasteiger partial charge < -0.3 is 14.8 Å². The molecule has 8 nitrogen and oxygen atoms in total. The standard InChI is InChI=1S/C21H28ClN3O5/c1-29-17(26)4-16(5-18(27)30-2)25-11-15(10-23-25)24-19(28)20-6-13-3-14(7-20)9-21(22,8-13)12-20/h10-11,13-14,16H,3-9,12H2,1-2H3,(H,24,28)/t13-,14+,20?,21?. The predicted molar refractivity (Wildman–Crippen MR) is 109 cm³/mol. The fourth-order valence-corrected chi connectivity index (χ4v) is 6.79. The van der Waals surface area contributed by atoms with Gasteiger partial charge in [0.1, 0.15) is 0 Å². The summed E-state index contributed by atoms with van der Waals surface area (Å²) in [6.07, 6.45) is 8.86. The van der Waals surface area contributed by atoms with Crippen LogP contribution in [0.15, 0.2) is 12.4 Å². The first-order valence-electron chi connectivity index (χ1n) is 10.4. The Bertz CT molecular complexity index is 821. The second-order valence-electron chi connectivity index (χ2n) is 9.27. The summed E-state index contributed by atoms with van der Waals surface area (Å²) < 4.78 is 10.9. The molecular weight excluding hydrogens is 410 g/mol.